The molecule has 0 amide bonds. The second-order valence-electron chi connectivity index (χ2n) is 5.67. The molecular formula is C14H21NO. The largest absolute Gasteiger partial charge is 0.497 e. The highest BCUT2D eigenvalue weighted by Gasteiger charge is 2.28. The van der Waals surface area contributed by atoms with Gasteiger partial charge in [0.1, 0.15) is 5.75 Å². The Morgan fingerprint density at radius 2 is 2.06 bits per heavy atom. The number of rotatable bonds is 1. The van der Waals surface area contributed by atoms with E-state index in [1.165, 1.54) is 11.3 Å². The van der Waals surface area contributed by atoms with Crippen LogP contribution in [0.4, 0.5) is 5.69 Å². The Morgan fingerprint density at radius 1 is 1.31 bits per heavy atom. The van der Waals surface area contributed by atoms with Crippen molar-refractivity contribution in [3.05, 3.63) is 23.8 Å². The lowest BCUT2D eigenvalue weighted by atomic mass is 9.75. The number of ether oxygens (including phenoxy) is 1. The molecule has 1 aliphatic rings. The molecule has 2 nitrogen and oxygen atoms in total. The third-order valence-electron chi connectivity index (χ3n) is 3.54. The quantitative estimate of drug-likeness (QED) is 0.782. The maximum atomic E-state index is 5.27. The van der Waals surface area contributed by atoms with Gasteiger partial charge in [-0.15, -0.1) is 0 Å². The third kappa shape index (κ3) is 2.16. The van der Waals surface area contributed by atoms with Crippen molar-refractivity contribution < 1.29 is 4.74 Å². The summed E-state index contributed by atoms with van der Waals surface area (Å²) in [5, 5.41) is 3.51. The molecule has 88 valence electrons. The fourth-order valence-corrected chi connectivity index (χ4v) is 2.22. The van der Waals surface area contributed by atoms with Gasteiger partial charge in [-0.25, -0.2) is 0 Å². The van der Waals surface area contributed by atoms with Crippen LogP contribution >= 0.6 is 0 Å². The first-order valence-electron chi connectivity index (χ1n) is 5.91. The lowest BCUT2D eigenvalue weighted by Gasteiger charge is -2.35. The van der Waals surface area contributed by atoms with Crippen LogP contribution in [-0.4, -0.2) is 13.7 Å². The SMILES string of the molecule is COc1ccc2c(c1)CC(C(C)(C)C)CN2. The van der Waals surface area contributed by atoms with Crippen LogP contribution in [0.5, 0.6) is 5.75 Å². The summed E-state index contributed by atoms with van der Waals surface area (Å²) in [6.45, 7) is 8.00. The topological polar surface area (TPSA) is 21.3 Å². The van der Waals surface area contributed by atoms with Gasteiger partial charge in [0, 0.05) is 12.2 Å². The maximum Gasteiger partial charge on any atom is 0.119 e. The van der Waals surface area contributed by atoms with E-state index in [0.29, 0.717) is 11.3 Å². The van der Waals surface area contributed by atoms with Gasteiger partial charge in [-0.05, 0) is 41.5 Å². The molecule has 2 rings (SSSR count). The molecule has 0 bridgehead atoms. The summed E-state index contributed by atoms with van der Waals surface area (Å²) in [5.41, 5.74) is 3.00. The van der Waals surface area contributed by atoms with E-state index in [1.54, 1.807) is 7.11 Å². The summed E-state index contributed by atoms with van der Waals surface area (Å²) in [7, 11) is 1.72. The number of hydrogen-bond donors (Lipinski definition) is 1. The predicted molar refractivity (Wildman–Crippen MR) is 68.1 cm³/mol. The minimum absolute atomic E-state index is 0.355. The molecule has 1 unspecified atom stereocenters. The Morgan fingerprint density at radius 3 is 2.69 bits per heavy atom. The highest BCUT2D eigenvalue weighted by Crippen LogP contribution is 2.36. The van der Waals surface area contributed by atoms with Crippen molar-refractivity contribution in [2.24, 2.45) is 11.3 Å². The van der Waals surface area contributed by atoms with E-state index in [9.17, 15) is 0 Å². The van der Waals surface area contributed by atoms with Crippen molar-refractivity contribution in [1.82, 2.24) is 0 Å². The van der Waals surface area contributed by atoms with E-state index in [0.717, 1.165) is 18.7 Å². The van der Waals surface area contributed by atoms with Crippen molar-refractivity contribution in [2.75, 3.05) is 19.0 Å². The minimum atomic E-state index is 0.355. The summed E-state index contributed by atoms with van der Waals surface area (Å²) in [4.78, 5) is 0. The van der Waals surface area contributed by atoms with Gasteiger partial charge in [0.15, 0.2) is 0 Å². The Balaban J connectivity index is 2.25. The molecule has 0 aromatic heterocycles. The molecule has 1 aromatic rings. The average Bonchev–Trinajstić information content (AvgIpc) is 2.26. The Labute approximate surface area is 98.0 Å². The third-order valence-corrected chi connectivity index (χ3v) is 3.54. The minimum Gasteiger partial charge on any atom is -0.497 e. The lowest BCUT2D eigenvalue weighted by Crippen LogP contribution is -2.33. The number of fused-ring (bicyclic) bond motifs is 1. The summed E-state index contributed by atoms with van der Waals surface area (Å²) in [6, 6.07) is 6.29. The van der Waals surface area contributed by atoms with Crippen LogP contribution in [0.3, 0.4) is 0 Å². The predicted octanol–water partition coefficient (Wildman–Crippen LogP) is 3.33. The molecule has 0 fully saturated rings. The van der Waals surface area contributed by atoms with Crippen LogP contribution in [0, 0.1) is 11.3 Å². The Bertz CT molecular complexity index is 379. The van der Waals surface area contributed by atoms with Crippen LogP contribution in [0.1, 0.15) is 26.3 Å². The van der Waals surface area contributed by atoms with Gasteiger partial charge in [0.25, 0.3) is 0 Å². The molecule has 1 atom stereocenters. The maximum absolute atomic E-state index is 5.27. The second kappa shape index (κ2) is 4.00. The normalized spacial score (nSPS) is 19.9. The van der Waals surface area contributed by atoms with Gasteiger partial charge < -0.3 is 10.1 Å². The first-order chi connectivity index (χ1) is 7.50. The molecule has 16 heavy (non-hydrogen) atoms. The number of anilines is 1. The second-order valence-corrected chi connectivity index (χ2v) is 5.67. The molecule has 0 aliphatic carbocycles. The van der Waals surface area contributed by atoms with Crippen LogP contribution in [0.2, 0.25) is 0 Å². The van der Waals surface area contributed by atoms with Gasteiger partial charge in [0.2, 0.25) is 0 Å². The molecule has 1 aromatic carbocycles. The van der Waals surface area contributed by atoms with Gasteiger partial charge in [-0.2, -0.15) is 0 Å². The zero-order chi connectivity index (χ0) is 11.8. The smallest absolute Gasteiger partial charge is 0.119 e. The van der Waals surface area contributed by atoms with Gasteiger partial charge >= 0.3 is 0 Å². The monoisotopic (exact) mass is 219 g/mol. The molecule has 2 heteroatoms. The van der Waals surface area contributed by atoms with Crippen LogP contribution in [0.15, 0.2) is 18.2 Å². The van der Waals surface area contributed by atoms with E-state index >= 15 is 0 Å². The van der Waals surface area contributed by atoms with Gasteiger partial charge in [-0.3, -0.25) is 0 Å². The molecule has 0 saturated heterocycles. The van der Waals surface area contributed by atoms with E-state index in [4.69, 9.17) is 4.74 Å². The average molecular weight is 219 g/mol. The van der Waals surface area contributed by atoms with Crippen molar-refractivity contribution in [3.8, 4) is 5.75 Å². The molecule has 0 spiro atoms. The van der Waals surface area contributed by atoms with Crippen molar-refractivity contribution in [1.29, 1.82) is 0 Å². The highest BCUT2D eigenvalue weighted by molar-refractivity contribution is 5.56. The molecule has 0 saturated carbocycles. The first kappa shape index (κ1) is 11.3. The Hall–Kier alpha value is -1.18. The zero-order valence-corrected chi connectivity index (χ0v) is 10.6. The number of nitrogens with one attached hydrogen (secondary N) is 1. The summed E-state index contributed by atoms with van der Waals surface area (Å²) in [5.74, 6) is 1.64. The van der Waals surface area contributed by atoms with E-state index in [2.05, 4.69) is 38.2 Å². The number of hydrogen-bond acceptors (Lipinski definition) is 2. The summed E-state index contributed by atoms with van der Waals surface area (Å²) in [6.07, 6.45) is 1.14. The van der Waals surface area contributed by atoms with E-state index in [1.807, 2.05) is 6.07 Å². The number of benzene rings is 1. The van der Waals surface area contributed by atoms with Crippen molar-refractivity contribution >= 4 is 5.69 Å². The van der Waals surface area contributed by atoms with Gasteiger partial charge in [0.05, 0.1) is 7.11 Å². The molecule has 1 heterocycles. The fraction of sp³-hybridized carbons (Fsp3) is 0.571. The Kier molecular flexibility index (Phi) is 2.83. The zero-order valence-electron chi connectivity index (χ0n) is 10.6. The summed E-state index contributed by atoms with van der Waals surface area (Å²) < 4.78 is 5.27. The van der Waals surface area contributed by atoms with Crippen LogP contribution in [0.25, 0.3) is 0 Å². The molecule has 1 N–H and O–H groups in total. The molecule has 1 aliphatic heterocycles. The van der Waals surface area contributed by atoms with Crippen LogP contribution < -0.4 is 10.1 Å². The van der Waals surface area contributed by atoms with E-state index in [-0.39, 0.29) is 0 Å². The molecular weight excluding hydrogens is 198 g/mol. The van der Waals surface area contributed by atoms with Crippen LogP contribution in [-0.2, 0) is 6.42 Å². The number of methoxy groups -OCH3 is 1. The fourth-order valence-electron chi connectivity index (χ4n) is 2.22. The summed E-state index contributed by atoms with van der Waals surface area (Å²) >= 11 is 0. The van der Waals surface area contributed by atoms with Crippen molar-refractivity contribution in [3.63, 3.8) is 0 Å². The van der Waals surface area contributed by atoms with Gasteiger partial charge in [-0.1, -0.05) is 20.8 Å². The lowest BCUT2D eigenvalue weighted by molar-refractivity contribution is 0.247. The van der Waals surface area contributed by atoms with E-state index < -0.39 is 0 Å². The highest BCUT2D eigenvalue weighted by atomic mass is 16.5. The van der Waals surface area contributed by atoms with Crippen molar-refractivity contribution in [2.45, 2.75) is 27.2 Å². The standard InChI is InChI=1S/C14H21NO/c1-14(2,3)11-7-10-8-12(16-4)5-6-13(10)15-9-11/h5-6,8,11,15H,7,9H2,1-4H3. The first-order valence-corrected chi connectivity index (χ1v) is 5.91. The molecule has 0 radical (unpaired) electrons.